The van der Waals surface area contributed by atoms with E-state index in [-0.39, 0.29) is 17.3 Å². The van der Waals surface area contributed by atoms with Crippen molar-refractivity contribution in [3.8, 4) is 5.69 Å². The summed E-state index contributed by atoms with van der Waals surface area (Å²) in [4.78, 5) is 14.6. The first-order valence-corrected chi connectivity index (χ1v) is 9.93. The van der Waals surface area contributed by atoms with Crippen molar-refractivity contribution in [2.75, 3.05) is 26.3 Å². The van der Waals surface area contributed by atoms with Crippen molar-refractivity contribution in [1.29, 1.82) is 0 Å². The van der Waals surface area contributed by atoms with Crippen molar-refractivity contribution in [3.63, 3.8) is 0 Å². The minimum atomic E-state index is -0.274. The van der Waals surface area contributed by atoms with Gasteiger partial charge < -0.3 is 15.0 Å². The zero-order chi connectivity index (χ0) is 20.9. The van der Waals surface area contributed by atoms with Crippen LogP contribution < -0.4 is 5.32 Å². The molecule has 3 rings (SSSR count). The molecule has 0 unspecified atom stereocenters. The Morgan fingerprint density at radius 3 is 2.83 bits per heavy atom. The highest BCUT2D eigenvalue weighted by atomic mass is 19.1. The van der Waals surface area contributed by atoms with Crippen LogP contribution in [0.15, 0.2) is 43.1 Å². The first kappa shape index (κ1) is 21.0. The average molecular weight is 400 g/mol. The summed E-state index contributed by atoms with van der Waals surface area (Å²) in [6.07, 6.45) is 5.18. The molecule has 0 radical (unpaired) electrons. The molecule has 2 amide bonds. The zero-order valence-electron chi connectivity index (χ0n) is 17.2. The fourth-order valence-corrected chi connectivity index (χ4v) is 3.57. The number of fused-ring (bicyclic) bond motifs is 1. The summed E-state index contributed by atoms with van der Waals surface area (Å²) in [6, 6.07) is 6.20. The van der Waals surface area contributed by atoms with Crippen molar-refractivity contribution in [2.45, 2.75) is 33.2 Å². The van der Waals surface area contributed by atoms with E-state index in [1.807, 2.05) is 15.7 Å². The zero-order valence-corrected chi connectivity index (χ0v) is 17.2. The Balaban J connectivity index is 1.70. The number of aromatic nitrogens is 2. The first-order chi connectivity index (χ1) is 13.9. The molecule has 1 N–H and O–H groups in total. The Morgan fingerprint density at radius 2 is 2.10 bits per heavy atom. The number of hydrogen-bond donors (Lipinski definition) is 1. The molecule has 0 bridgehead atoms. The summed E-state index contributed by atoms with van der Waals surface area (Å²) in [7, 11) is 0. The number of carbonyl (C=O) groups excluding carboxylic acids is 1. The van der Waals surface area contributed by atoms with Gasteiger partial charge in [-0.15, -0.1) is 6.58 Å². The number of urea groups is 1. The molecule has 1 aromatic heterocycles. The van der Waals surface area contributed by atoms with E-state index in [0.717, 1.165) is 29.8 Å². The van der Waals surface area contributed by atoms with Crippen LogP contribution in [0.2, 0.25) is 0 Å². The fourth-order valence-electron chi connectivity index (χ4n) is 3.57. The Hall–Kier alpha value is -2.67. The molecule has 0 saturated carbocycles. The fraction of sp³-hybridized carbons (Fsp3) is 0.455. The van der Waals surface area contributed by atoms with Crippen molar-refractivity contribution in [1.82, 2.24) is 20.0 Å². The second-order valence-electron chi connectivity index (χ2n) is 8.12. The molecule has 0 aliphatic carbocycles. The van der Waals surface area contributed by atoms with Crippen LogP contribution in [0.3, 0.4) is 0 Å². The van der Waals surface area contributed by atoms with Crippen molar-refractivity contribution in [3.05, 3.63) is 60.2 Å². The number of nitrogens with one attached hydrogen (secondary N) is 1. The molecule has 2 aromatic rings. The SMILES string of the molecule is C=CCCOCCNC(=O)N1Cc2cnn(-c3ccc(F)cc3)c2CC(C)(C)C1. The van der Waals surface area contributed by atoms with Crippen LogP contribution in [0, 0.1) is 11.2 Å². The van der Waals surface area contributed by atoms with Gasteiger partial charge in [-0.05, 0) is 42.5 Å². The molecule has 0 fully saturated rings. The quantitative estimate of drug-likeness (QED) is 0.570. The van der Waals surface area contributed by atoms with Crippen LogP contribution in [0.25, 0.3) is 5.69 Å². The molecular weight excluding hydrogens is 371 g/mol. The van der Waals surface area contributed by atoms with Gasteiger partial charge in [-0.2, -0.15) is 5.10 Å². The van der Waals surface area contributed by atoms with E-state index < -0.39 is 0 Å². The predicted octanol–water partition coefficient (Wildman–Crippen LogP) is 3.70. The summed E-state index contributed by atoms with van der Waals surface area (Å²) < 4.78 is 20.6. The third-order valence-corrected chi connectivity index (χ3v) is 4.93. The number of nitrogens with zero attached hydrogens (tertiary/aromatic N) is 3. The smallest absolute Gasteiger partial charge is 0.317 e. The molecule has 2 heterocycles. The lowest BCUT2D eigenvalue weighted by Gasteiger charge is -2.30. The van der Waals surface area contributed by atoms with Gasteiger partial charge in [0.1, 0.15) is 5.82 Å². The maximum atomic E-state index is 13.3. The second-order valence-corrected chi connectivity index (χ2v) is 8.12. The maximum Gasteiger partial charge on any atom is 0.317 e. The average Bonchev–Trinajstić information content (AvgIpc) is 2.99. The van der Waals surface area contributed by atoms with E-state index in [1.165, 1.54) is 12.1 Å². The molecule has 0 atom stereocenters. The summed E-state index contributed by atoms with van der Waals surface area (Å²) in [6.45, 7) is 10.6. The maximum absolute atomic E-state index is 13.3. The molecule has 29 heavy (non-hydrogen) atoms. The third kappa shape index (κ3) is 5.44. The lowest BCUT2D eigenvalue weighted by molar-refractivity contribution is 0.134. The highest BCUT2D eigenvalue weighted by Gasteiger charge is 2.32. The summed E-state index contributed by atoms with van der Waals surface area (Å²) in [5.41, 5.74) is 2.76. The van der Waals surface area contributed by atoms with Gasteiger partial charge in [-0.25, -0.2) is 13.9 Å². The van der Waals surface area contributed by atoms with Crippen LogP contribution in [-0.4, -0.2) is 47.0 Å². The molecule has 1 aliphatic rings. The number of benzene rings is 1. The van der Waals surface area contributed by atoms with Crippen LogP contribution in [0.4, 0.5) is 9.18 Å². The topological polar surface area (TPSA) is 59.4 Å². The highest BCUT2D eigenvalue weighted by molar-refractivity contribution is 5.74. The lowest BCUT2D eigenvalue weighted by atomic mass is 9.87. The molecular formula is C22H29FN4O2. The monoisotopic (exact) mass is 400 g/mol. The van der Waals surface area contributed by atoms with Gasteiger partial charge in [-0.1, -0.05) is 19.9 Å². The van der Waals surface area contributed by atoms with Gasteiger partial charge in [0.05, 0.1) is 31.6 Å². The number of rotatable bonds is 7. The van der Waals surface area contributed by atoms with E-state index in [9.17, 15) is 9.18 Å². The molecule has 0 saturated heterocycles. The van der Waals surface area contributed by atoms with Crippen molar-refractivity contribution >= 4 is 6.03 Å². The third-order valence-electron chi connectivity index (χ3n) is 4.93. The summed E-state index contributed by atoms with van der Waals surface area (Å²) in [5, 5.41) is 7.45. The number of hydrogen-bond acceptors (Lipinski definition) is 3. The largest absolute Gasteiger partial charge is 0.379 e. The number of ether oxygens (including phenoxy) is 1. The van der Waals surface area contributed by atoms with E-state index in [2.05, 4.69) is 30.8 Å². The van der Waals surface area contributed by atoms with Gasteiger partial charge in [-0.3, -0.25) is 0 Å². The molecule has 1 aliphatic heterocycles. The summed E-state index contributed by atoms with van der Waals surface area (Å²) >= 11 is 0. The molecule has 156 valence electrons. The van der Waals surface area contributed by atoms with Gasteiger partial charge in [0, 0.05) is 24.3 Å². The number of amides is 2. The van der Waals surface area contributed by atoms with Gasteiger partial charge in [0.2, 0.25) is 0 Å². The standard InChI is InChI=1S/C22H29FN4O2/c1-4-5-11-29-12-10-24-21(28)26-15-17-14-25-27(19-8-6-18(23)7-9-19)20(17)13-22(2,3)16-26/h4,6-9,14H,1,5,10-13,15-16H2,2-3H3,(H,24,28). The molecule has 6 nitrogen and oxygen atoms in total. The minimum Gasteiger partial charge on any atom is -0.379 e. The van der Waals surface area contributed by atoms with Crippen molar-refractivity contribution in [2.24, 2.45) is 5.41 Å². The lowest BCUT2D eigenvalue weighted by Crippen LogP contribution is -2.44. The summed E-state index contributed by atoms with van der Waals surface area (Å²) in [5.74, 6) is -0.274. The van der Waals surface area contributed by atoms with E-state index >= 15 is 0 Å². The Bertz CT molecular complexity index is 845. The van der Waals surface area contributed by atoms with Crippen LogP contribution in [0.1, 0.15) is 31.5 Å². The van der Waals surface area contributed by atoms with E-state index in [1.54, 1.807) is 18.3 Å². The molecule has 0 spiro atoms. The highest BCUT2D eigenvalue weighted by Crippen LogP contribution is 2.31. The van der Waals surface area contributed by atoms with E-state index in [4.69, 9.17) is 4.74 Å². The predicted molar refractivity (Wildman–Crippen MR) is 110 cm³/mol. The Morgan fingerprint density at radius 1 is 1.34 bits per heavy atom. The number of carbonyl (C=O) groups is 1. The normalized spacial score (nSPS) is 15.5. The van der Waals surface area contributed by atoms with Crippen molar-refractivity contribution < 1.29 is 13.9 Å². The van der Waals surface area contributed by atoms with Crippen LogP contribution in [-0.2, 0) is 17.7 Å². The minimum absolute atomic E-state index is 0.104. The second kappa shape index (κ2) is 9.22. The molecule has 1 aromatic carbocycles. The van der Waals surface area contributed by atoms with Gasteiger partial charge in [0.25, 0.3) is 0 Å². The van der Waals surface area contributed by atoms with E-state index in [0.29, 0.717) is 32.8 Å². The van der Waals surface area contributed by atoms with Gasteiger partial charge >= 0.3 is 6.03 Å². The van der Waals surface area contributed by atoms with Crippen LogP contribution >= 0.6 is 0 Å². The number of halogens is 1. The van der Waals surface area contributed by atoms with Gasteiger partial charge in [0.15, 0.2) is 0 Å². The van der Waals surface area contributed by atoms with Crippen LogP contribution in [0.5, 0.6) is 0 Å². The Kier molecular flexibility index (Phi) is 6.69. The Labute approximate surface area is 171 Å². The first-order valence-electron chi connectivity index (χ1n) is 9.93. The molecule has 7 heteroatoms.